The standard InChI is InChI=1S/C15H10ClN3S/c16-14-6-5-11(20-14)9-18-15-7-10(8-17)12-3-1-2-4-13(12)19-15/h1-7H,9H2,(H,18,19). The fourth-order valence-corrected chi connectivity index (χ4v) is 3.01. The number of nitriles is 1. The summed E-state index contributed by atoms with van der Waals surface area (Å²) in [4.78, 5) is 5.64. The molecule has 0 saturated heterocycles. The van der Waals surface area contributed by atoms with E-state index in [2.05, 4.69) is 16.4 Å². The van der Waals surface area contributed by atoms with Crippen molar-refractivity contribution in [2.75, 3.05) is 5.32 Å². The second-order valence-corrected chi connectivity index (χ2v) is 6.04. The van der Waals surface area contributed by atoms with Crippen molar-refractivity contribution in [1.82, 2.24) is 4.98 Å². The van der Waals surface area contributed by atoms with Gasteiger partial charge in [0, 0.05) is 10.3 Å². The second kappa shape index (κ2) is 5.49. The first-order chi connectivity index (χ1) is 9.76. The minimum absolute atomic E-state index is 0.627. The molecule has 0 radical (unpaired) electrons. The van der Waals surface area contributed by atoms with Gasteiger partial charge in [0.2, 0.25) is 0 Å². The minimum atomic E-state index is 0.627. The third kappa shape index (κ3) is 2.60. The molecule has 0 aliphatic carbocycles. The Balaban J connectivity index is 1.90. The van der Waals surface area contributed by atoms with Gasteiger partial charge in [0.05, 0.1) is 28.0 Å². The Morgan fingerprint density at radius 2 is 2.10 bits per heavy atom. The van der Waals surface area contributed by atoms with E-state index in [9.17, 15) is 5.26 Å². The zero-order chi connectivity index (χ0) is 13.9. The largest absolute Gasteiger partial charge is 0.365 e. The number of fused-ring (bicyclic) bond motifs is 1. The van der Waals surface area contributed by atoms with E-state index in [1.54, 1.807) is 6.07 Å². The van der Waals surface area contributed by atoms with Gasteiger partial charge in [-0.2, -0.15) is 5.26 Å². The van der Waals surface area contributed by atoms with Crippen LogP contribution in [0.15, 0.2) is 42.5 Å². The van der Waals surface area contributed by atoms with Crippen molar-refractivity contribution in [2.24, 2.45) is 0 Å². The van der Waals surface area contributed by atoms with Crippen LogP contribution >= 0.6 is 22.9 Å². The summed E-state index contributed by atoms with van der Waals surface area (Å²) in [6.07, 6.45) is 0. The number of hydrogen-bond donors (Lipinski definition) is 1. The average molecular weight is 300 g/mol. The first-order valence-corrected chi connectivity index (χ1v) is 7.24. The van der Waals surface area contributed by atoms with Crippen molar-refractivity contribution in [3.8, 4) is 6.07 Å². The molecular weight excluding hydrogens is 290 g/mol. The van der Waals surface area contributed by atoms with Crippen molar-refractivity contribution in [3.05, 3.63) is 57.2 Å². The van der Waals surface area contributed by atoms with Crippen LogP contribution in [0.5, 0.6) is 0 Å². The van der Waals surface area contributed by atoms with E-state index in [0.29, 0.717) is 17.9 Å². The van der Waals surface area contributed by atoms with Crippen LogP contribution in [0.4, 0.5) is 5.82 Å². The van der Waals surface area contributed by atoms with Gasteiger partial charge in [-0.3, -0.25) is 0 Å². The zero-order valence-corrected chi connectivity index (χ0v) is 12.0. The summed E-state index contributed by atoms with van der Waals surface area (Å²) in [7, 11) is 0. The maximum atomic E-state index is 9.23. The summed E-state index contributed by atoms with van der Waals surface area (Å²) in [6, 6.07) is 15.5. The van der Waals surface area contributed by atoms with E-state index < -0.39 is 0 Å². The highest BCUT2D eigenvalue weighted by atomic mass is 35.5. The quantitative estimate of drug-likeness (QED) is 0.778. The lowest BCUT2D eigenvalue weighted by molar-refractivity contribution is 1.15. The van der Waals surface area contributed by atoms with Gasteiger partial charge in [-0.25, -0.2) is 4.98 Å². The molecule has 0 aliphatic heterocycles. The third-order valence-electron chi connectivity index (χ3n) is 2.91. The van der Waals surface area contributed by atoms with Gasteiger partial charge in [-0.15, -0.1) is 11.3 Å². The molecule has 0 saturated carbocycles. The number of thiophene rings is 1. The molecule has 2 aromatic heterocycles. The lowest BCUT2D eigenvalue weighted by Gasteiger charge is -2.07. The third-order valence-corrected chi connectivity index (χ3v) is 4.14. The minimum Gasteiger partial charge on any atom is -0.365 e. The van der Waals surface area contributed by atoms with Gasteiger partial charge < -0.3 is 5.32 Å². The van der Waals surface area contributed by atoms with E-state index in [0.717, 1.165) is 20.1 Å². The maximum Gasteiger partial charge on any atom is 0.128 e. The first kappa shape index (κ1) is 12.9. The Bertz CT molecular complexity index is 804. The second-order valence-electron chi connectivity index (χ2n) is 4.24. The Morgan fingerprint density at radius 3 is 2.85 bits per heavy atom. The van der Waals surface area contributed by atoms with Crippen LogP contribution in [-0.2, 0) is 6.54 Å². The highest BCUT2D eigenvalue weighted by Crippen LogP contribution is 2.23. The smallest absolute Gasteiger partial charge is 0.128 e. The molecule has 0 amide bonds. The number of benzene rings is 1. The van der Waals surface area contributed by atoms with Gasteiger partial charge in [-0.1, -0.05) is 29.8 Å². The summed E-state index contributed by atoms with van der Waals surface area (Å²) in [5.41, 5.74) is 1.44. The summed E-state index contributed by atoms with van der Waals surface area (Å²) in [6.45, 7) is 0.646. The molecule has 0 aliphatic rings. The summed E-state index contributed by atoms with van der Waals surface area (Å²) in [5, 5.41) is 13.3. The Morgan fingerprint density at radius 1 is 1.25 bits per heavy atom. The molecule has 5 heteroatoms. The topological polar surface area (TPSA) is 48.7 Å². The van der Waals surface area contributed by atoms with Crippen LogP contribution in [0.2, 0.25) is 4.34 Å². The van der Waals surface area contributed by atoms with E-state index in [1.807, 2.05) is 36.4 Å². The number of hydrogen-bond acceptors (Lipinski definition) is 4. The molecule has 98 valence electrons. The normalized spacial score (nSPS) is 10.4. The molecule has 0 fully saturated rings. The Kier molecular flexibility index (Phi) is 3.55. The molecule has 1 N–H and O–H groups in total. The molecule has 3 aromatic rings. The number of rotatable bonds is 3. The molecular formula is C15H10ClN3S. The highest BCUT2D eigenvalue weighted by Gasteiger charge is 2.05. The Hall–Kier alpha value is -2.09. The number of pyridine rings is 1. The van der Waals surface area contributed by atoms with Crippen LogP contribution in [-0.4, -0.2) is 4.98 Å². The van der Waals surface area contributed by atoms with Crippen molar-refractivity contribution in [3.63, 3.8) is 0 Å². The number of nitrogens with one attached hydrogen (secondary N) is 1. The van der Waals surface area contributed by atoms with E-state index in [4.69, 9.17) is 11.6 Å². The van der Waals surface area contributed by atoms with Crippen molar-refractivity contribution in [2.45, 2.75) is 6.54 Å². The summed E-state index contributed by atoms with van der Waals surface area (Å²) >= 11 is 7.43. The van der Waals surface area contributed by atoms with Crippen LogP contribution in [0.25, 0.3) is 10.9 Å². The predicted molar refractivity (Wildman–Crippen MR) is 83.1 cm³/mol. The van der Waals surface area contributed by atoms with Crippen molar-refractivity contribution in [1.29, 1.82) is 5.26 Å². The molecule has 0 unspecified atom stereocenters. The number of aromatic nitrogens is 1. The molecule has 0 atom stereocenters. The van der Waals surface area contributed by atoms with Crippen molar-refractivity contribution < 1.29 is 0 Å². The van der Waals surface area contributed by atoms with Gasteiger partial charge in [0.25, 0.3) is 0 Å². The van der Waals surface area contributed by atoms with E-state index >= 15 is 0 Å². The predicted octanol–water partition coefficient (Wildman–Crippen LogP) is 4.43. The number of nitrogens with zero attached hydrogens (tertiary/aromatic N) is 2. The van der Waals surface area contributed by atoms with Crippen LogP contribution in [0.3, 0.4) is 0 Å². The fourth-order valence-electron chi connectivity index (χ4n) is 1.98. The van der Waals surface area contributed by atoms with Crippen molar-refractivity contribution >= 4 is 39.7 Å². The monoisotopic (exact) mass is 299 g/mol. The molecule has 1 aromatic carbocycles. The average Bonchev–Trinajstić information content (AvgIpc) is 2.90. The van der Waals surface area contributed by atoms with E-state index in [1.165, 1.54) is 11.3 Å². The molecule has 2 heterocycles. The highest BCUT2D eigenvalue weighted by molar-refractivity contribution is 7.16. The first-order valence-electron chi connectivity index (χ1n) is 6.04. The van der Waals surface area contributed by atoms with Gasteiger partial charge >= 0.3 is 0 Å². The number of para-hydroxylation sites is 1. The lowest BCUT2D eigenvalue weighted by Crippen LogP contribution is -2.00. The fraction of sp³-hybridized carbons (Fsp3) is 0.0667. The van der Waals surface area contributed by atoms with Gasteiger partial charge in [-0.05, 0) is 24.3 Å². The summed E-state index contributed by atoms with van der Waals surface area (Å²) in [5.74, 6) is 0.699. The van der Waals surface area contributed by atoms with Crippen LogP contribution in [0, 0.1) is 11.3 Å². The molecule has 0 bridgehead atoms. The zero-order valence-electron chi connectivity index (χ0n) is 10.4. The van der Waals surface area contributed by atoms with Gasteiger partial charge in [0.1, 0.15) is 5.82 Å². The molecule has 0 spiro atoms. The molecule has 3 rings (SSSR count). The molecule has 20 heavy (non-hydrogen) atoms. The van der Waals surface area contributed by atoms with Crippen LogP contribution < -0.4 is 5.32 Å². The number of anilines is 1. The Labute approximate surface area is 125 Å². The van der Waals surface area contributed by atoms with Crippen LogP contribution in [0.1, 0.15) is 10.4 Å². The maximum absolute atomic E-state index is 9.23. The SMILES string of the molecule is N#Cc1cc(NCc2ccc(Cl)s2)nc2ccccc12. The summed E-state index contributed by atoms with van der Waals surface area (Å²) < 4.78 is 0.769. The number of halogens is 1. The van der Waals surface area contributed by atoms with E-state index in [-0.39, 0.29) is 0 Å². The van der Waals surface area contributed by atoms with Gasteiger partial charge in [0.15, 0.2) is 0 Å². The molecule has 3 nitrogen and oxygen atoms in total. The lowest BCUT2D eigenvalue weighted by atomic mass is 10.1.